The maximum Gasteiger partial charge on any atom is 0.407 e. The van der Waals surface area contributed by atoms with Crippen molar-refractivity contribution in [3.8, 4) is 5.75 Å². The summed E-state index contributed by atoms with van der Waals surface area (Å²) in [6.45, 7) is 0. The fraction of sp³-hybridized carbons (Fsp3) is 0.333. The number of aliphatic hydroxyl groups excluding tert-OH is 1. The van der Waals surface area contributed by atoms with Gasteiger partial charge in [-0.2, -0.15) is 0 Å². The molecule has 0 heterocycles. The average molecular weight is 269 g/mol. The van der Waals surface area contributed by atoms with Crippen LogP contribution in [0.1, 0.15) is 11.7 Å². The lowest BCUT2D eigenvalue weighted by atomic mass is 10.0. The van der Waals surface area contributed by atoms with E-state index in [9.17, 15) is 14.7 Å². The van der Waals surface area contributed by atoms with Crippen molar-refractivity contribution >= 4 is 12.1 Å². The molecule has 0 aliphatic heterocycles. The molecule has 0 spiro atoms. The van der Waals surface area contributed by atoms with Gasteiger partial charge in [0.2, 0.25) is 0 Å². The van der Waals surface area contributed by atoms with Crippen LogP contribution in [0.2, 0.25) is 0 Å². The predicted octanol–water partition coefficient (Wildman–Crippen LogP) is 0.538. The van der Waals surface area contributed by atoms with Gasteiger partial charge in [0, 0.05) is 0 Å². The van der Waals surface area contributed by atoms with E-state index in [1.54, 1.807) is 12.1 Å². The number of carboxylic acid groups (broad SMARTS) is 1. The van der Waals surface area contributed by atoms with E-state index in [4.69, 9.17) is 9.84 Å². The highest BCUT2D eigenvalue weighted by molar-refractivity contribution is 5.80. The first-order valence-corrected chi connectivity index (χ1v) is 5.39. The van der Waals surface area contributed by atoms with Crippen molar-refractivity contribution < 1.29 is 29.3 Å². The Labute approximate surface area is 109 Å². The van der Waals surface area contributed by atoms with Crippen LogP contribution in [-0.2, 0) is 9.53 Å². The van der Waals surface area contributed by atoms with Gasteiger partial charge in [0.25, 0.3) is 0 Å². The van der Waals surface area contributed by atoms with Crippen LogP contribution < -0.4 is 10.1 Å². The number of nitrogens with one attached hydrogen (secondary N) is 1. The Hall–Kier alpha value is -2.28. The largest absolute Gasteiger partial charge is 0.497 e. The van der Waals surface area contributed by atoms with Crippen molar-refractivity contribution in [2.45, 2.75) is 12.1 Å². The summed E-state index contributed by atoms with van der Waals surface area (Å²) in [5, 5.41) is 21.0. The minimum Gasteiger partial charge on any atom is -0.497 e. The molecule has 104 valence electrons. The normalized spacial score (nSPS) is 13.2. The number of benzene rings is 1. The first kappa shape index (κ1) is 14.8. The number of carbonyl (C=O) groups excluding carboxylic acids is 1. The van der Waals surface area contributed by atoms with E-state index in [1.807, 2.05) is 0 Å². The van der Waals surface area contributed by atoms with Gasteiger partial charge in [-0.1, -0.05) is 12.1 Å². The van der Waals surface area contributed by atoms with Crippen LogP contribution >= 0.6 is 0 Å². The Kier molecular flexibility index (Phi) is 5.13. The summed E-state index contributed by atoms with van der Waals surface area (Å²) in [5.41, 5.74) is 0.338. The van der Waals surface area contributed by atoms with E-state index >= 15 is 0 Å². The summed E-state index contributed by atoms with van der Waals surface area (Å²) >= 11 is 0. The third kappa shape index (κ3) is 3.85. The molecule has 1 amide bonds. The van der Waals surface area contributed by atoms with E-state index in [0.29, 0.717) is 11.3 Å². The highest BCUT2D eigenvalue weighted by Gasteiger charge is 2.29. The van der Waals surface area contributed by atoms with Gasteiger partial charge < -0.3 is 25.0 Å². The number of carbonyl (C=O) groups is 2. The zero-order chi connectivity index (χ0) is 14.4. The molecule has 7 heteroatoms. The third-order valence-electron chi connectivity index (χ3n) is 2.50. The predicted molar refractivity (Wildman–Crippen MR) is 64.9 cm³/mol. The number of ether oxygens (including phenoxy) is 2. The van der Waals surface area contributed by atoms with Crippen molar-refractivity contribution in [3.05, 3.63) is 29.8 Å². The van der Waals surface area contributed by atoms with Crippen LogP contribution in [0.15, 0.2) is 24.3 Å². The lowest BCUT2D eigenvalue weighted by Gasteiger charge is -2.20. The quantitative estimate of drug-likeness (QED) is 0.720. The summed E-state index contributed by atoms with van der Waals surface area (Å²) in [7, 11) is 2.60. The van der Waals surface area contributed by atoms with Crippen molar-refractivity contribution in [2.24, 2.45) is 0 Å². The lowest BCUT2D eigenvalue weighted by Crippen LogP contribution is -2.44. The second-order valence-electron chi connectivity index (χ2n) is 3.67. The van der Waals surface area contributed by atoms with Crippen LogP contribution in [0, 0.1) is 0 Å². The molecule has 0 fully saturated rings. The molecule has 0 radical (unpaired) electrons. The van der Waals surface area contributed by atoms with Crippen molar-refractivity contribution in [2.75, 3.05) is 14.2 Å². The maximum atomic E-state index is 11.0. The zero-order valence-electron chi connectivity index (χ0n) is 10.5. The SMILES string of the molecule is COC(=O)NC(C(=O)O)C(O)c1ccc(OC)cc1. The van der Waals surface area contributed by atoms with Crippen LogP contribution in [0.5, 0.6) is 5.75 Å². The molecular formula is C12H15NO6. The van der Waals surface area contributed by atoms with Gasteiger partial charge in [0.05, 0.1) is 14.2 Å². The number of aliphatic carboxylic acids is 1. The average Bonchev–Trinajstić information content (AvgIpc) is 2.43. The lowest BCUT2D eigenvalue weighted by molar-refractivity contribution is -0.142. The van der Waals surface area contributed by atoms with Gasteiger partial charge in [-0.15, -0.1) is 0 Å². The monoisotopic (exact) mass is 269 g/mol. The molecule has 3 N–H and O–H groups in total. The van der Waals surface area contributed by atoms with E-state index in [-0.39, 0.29) is 0 Å². The van der Waals surface area contributed by atoms with Gasteiger partial charge in [0.15, 0.2) is 6.04 Å². The second kappa shape index (κ2) is 6.60. The van der Waals surface area contributed by atoms with Gasteiger partial charge in [0.1, 0.15) is 11.9 Å². The standard InChI is InChI=1S/C12H15NO6/c1-18-8-5-3-7(4-6-8)10(14)9(11(15)16)13-12(17)19-2/h3-6,9-10,14H,1-2H3,(H,13,17)(H,15,16). The number of alkyl carbamates (subject to hydrolysis) is 1. The molecule has 1 aromatic rings. The van der Waals surface area contributed by atoms with Crippen LogP contribution in [0.4, 0.5) is 4.79 Å². The molecule has 0 aliphatic rings. The van der Waals surface area contributed by atoms with Gasteiger partial charge in [-0.25, -0.2) is 9.59 Å². The molecule has 0 saturated heterocycles. The Morgan fingerprint density at radius 3 is 2.21 bits per heavy atom. The number of hydrogen-bond acceptors (Lipinski definition) is 5. The molecule has 2 atom stereocenters. The Morgan fingerprint density at radius 2 is 1.79 bits per heavy atom. The summed E-state index contributed by atoms with van der Waals surface area (Å²) < 4.78 is 9.26. The molecule has 0 bridgehead atoms. The molecule has 1 rings (SSSR count). The first-order chi connectivity index (χ1) is 8.99. The van der Waals surface area contributed by atoms with E-state index in [2.05, 4.69) is 10.1 Å². The molecule has 19 heavy (non-hydrogen) atoms. The van der Waals surface area contributed by atoms with E-state index in [0.717, 1.165) is 7.11 Å². The summed E-state index contributed by atoms with van der Waals surface area (Å²) in [6.07, 6.45) is -2.33. The minimum atomic E-state index is -1.50. The van der Waals surface area contributed by atoms with Gasteiger partial charge in [-0.05, 0) is 17.7 Å². The molecule has 0 aromatic heterocycles. The number of aliphatic hydroxyl groups is 1. The topological polar surface area (TPSA) is 105 Å². The molecular weight excluding hydrogens is 254 g/mol. The minimum absolute atomic E-state index is 0.338. The summed E-state index contributed by atoms with van der Waals surface area (Å²) in [4.78, 5) is 22.1. The number of methoxy groups -OCH3 is 2. The number of amides is 1. The maximum absolute atomic E-state index is 11.0. The van der Waals surface area contributed by atoms with Gasteiger partial charge >= 0.3 is 12.1 Å². The Morgan fingerprint density at radius 1 is 1.21 bits per heavy atom. The fourth-order valence-electron chi connectivity index (χ4n) is 1.46. The molecule has 1 aromatic carbocycles. The van der Waals surface area contributed by atoms with Crippen LogP contribution in [0.3, 0.4) is 0 Å². The number of hydrogen-bond donors (Lipinski definition) is 3. The molecule has 7 nitrogen and oxygen atoms in total. The number of carboxylic acids is 1. The summed E-state index contributed by atoms with van der Waals surface area (Å²) in [5.74, 6) is -0.794. The molecule has 2 unspecified atom stereocenters. The zero-order valence-corrected chi connectivity index (χ0v) is 10.5. The van der Waals surface area contributed by atoms with E-state index in [1.165, 1.54) is 19.2 Å². The van der Waals surface area contributed by atoms with Crippen LogP contribution in [-0.4, -0.2) is 42.5 Å². The Balaban J connectivity index is 2.88. The molecule has 0 aliphatic carbocycles. The second-order valence-corrected chi connectivity index (χ2v) is 3.67. The Bertz CT molecular complexity index is 444. The number of rotatable bonds is 5. The first-order valence-electron chi connectivity index (χ1n) is 5.39. The summed E-state index contributed by atoms with van der Waals surface area (Å²) in [6, 6.07) is 4.68. The third-order valence-corrected chi connectivity index (χ3v) is 2.50. The van der Waals surface area contributed by atoms with Crippen LogP contribution in [0.25, 0.3) is 0 Å². The van der Waals surface area contributed by atoms with Gasteiger partial charge in [-0.3, -0.25) is 0 Å². The highest BCUT2D eigenvalue weighted by atomic mass is 16.5. The van der Waals surface area contributed by atoms with Crippen molar-refractivity contribution in [3.63, 3.8) is 0 Å². The van der Waals surface area contributed by atoms with Crippen molar-refractivity contribution in [1.82, 2.24) is 5.32 Å². The highest BCUT2D eigenvalue weighted by Crippen LogP contribution is 2.20. The smallest absolute Gasteiger partial charge is 0.407 e. The molecule has 0 saturated carbocycles. The fourth-order valence-corrected chi connectivity index (χ4v) is 1.46. The van der Waals surface area contributed by atoms with Crippen molar-refractivity contribution in [1.29, 1.82) is 0 Å². The van der Waals surface area contributed by atoms with E-state index < -0.39 is 24.2 Å².